The Morgan fingerprint density at radius 2 is 1.21 bits per heavy atom. The van der Waals surface area contributed by atoms with Gasteiger partial charge in [0, 0.05) is 5.25 Å². The zero-order valence-corrected chi connectivity index (χ0v) is 20.1. The Hall–Kier alpha value is 1.51. The van der Waals surface area contributed by atoms with Crippen molar-refractivity contribution in [2.75, 3.05) is 0 Å². The Morgan fingerprint density at radius 1 is 0.792 bits per heavy atom. The molecule has 6 heteroatoms. The van der Waals surface area contributed by atoms with Crippen LogP contribution in [-0.4, -0.2) is 29.4 Å². The summed E-state index contributed by atoms with van der Waals surface area (Å²) < 4.78 is 32.9. The molecule has 2 atom stereocenters. The van der Waals surface area contributed by atoms with Crippen molar-refractivity contribution >= 4 is 10.1 Å². The Labute approximate surface area is 192 Å². The van der Waals surface area contributed by atoms with Crippen molar-refractivity contribution in [3.05, 3.63) is 0 Å². The van der Waals surface area contributed by atoms with E-state index in [1.165, 1.54) is 32.1 Å². The minimum atomic E-state index is -4.10. The molecule has 0 rings (SSSR count). The van der Waals surface area contributed by atoms with Gasteiger partial charge in [-0.2, -0.15) is 0 Å². The summed E-state index contributed by atoms with van der Waals surface area (Å²) >= 11 is 0. The van der Waals surface area contributed by atoms with Crippen LogP contribution in [0.25, 0.3) is 0 Å². The molecule has 0 radical (unpaired) electrons. The van der Waals surface area contributed by atoms with Gasteiger partial charge >= 0.3 is 51.4 Å². The minimum Gasteiger partial charge on any atom is -0.748 e. The molecule has 0 fully saturated rings. The van der Waals surface area contributed by atoms with E-state index < -0.39 is 15.4 Å². The molecule has 0 aromatic carbocycles. The van der Waals surface area contributed by atoms with Crippen LogP contribution < -0.4 is 51.4 Å². The zero-order chi connectivity index (χ0) is 17.6. The average molecular weight is 389 g/mol. The first-order chi connectivity index (χ1) is 10.9. The summed E-state index contributed by atoms with van der Waals surface area (Å²) in [6.45, 7) is 3.87. The van der Waals surface area contributed by atoms with Gasteiger partial charge in [-0.15, -0.1) is 0 Å². The topological polar surface area (TPSA) is 77.4 Å². The molecule has 24 heavy (non-hydrogen) atoms. The molecule has 0 bridgehead atoms. The van der Waals surface area contributed by atoms with Crippen LogP contribution in [0.1, 0.15) is 104 Å². The van der Waals surface area contributed by atoms with Crippen LogP contribution in [0, 0.1) is 0 Å². The summed E-state index contributed by atoms with van der Waals surface area (Å²) in [7, 11) is -4.10. The van der Waals surface area contributed by atoms with Crippen LogP contribution in [0.5, 0.6) is 0 Å². The van der Waals surface area contributed by atoms with E-state index in [9.17, 15) is 18.1 Å². The monoisotopic (exact) mass is 388 g/mol. The zero-order valence-electron chi connectivity index (χ0n) is 16.1. The molecule has 0 aliphatic rings. The van der Waals surface area contributed by atoms with Gasteiger partial charge in [-0.25, -0.2) is 8.42 Å². The summed E-state index contributed by atoms with van der Waals surface area (Å²) in [6, 6.07) is 0. The molecule has 2 unspecified atom stereocenters. The molecule has 0 aliphatic heterocycles. The van der Waals surface area contributed by atoms with Crippen LogP contribution in [0.3, 0.4) is 0 Å². The number of aliphatic hydroxyl groups excluding tert-OH is 1. The van der Waals surface area contributed by atoms with Gasteiger partial charge in [-0.05, 0) is 25.7 Å². The molecule has 140 valence electrons. The van der Waals surface area contributed by atoms with Crippen molar-refractivity contribution in [3.63, 3.8) is 0 Å². The first kappa shape index (κ1) is 27.7. The maximum Gasteiger partial charge on any atom is 1.00 e. The van der Waals surface area contributed by atoms with Gasteiger partial charge < -0.3 is 9.66 Å². The van der Waals surface area contributed by atoms with Crippen LogP contribution in [0.4, 0.5) is 0 Å². The molecular weight excluding hydrogens is 351 g/mol. The van der Waals surface area contributed by atoms with Crippen LogP contribution in [0.15, 0.2) is 0 Å². The first-order valence-electron chi connectivity index (χ1n) is 9.54. The minimum absolute atomic E-state index is 0. The van der Waals surface area contributed by atoms with Gasteiger partial charge in [0.25, 0.3) is 0 Å². The quantitative estimate of drug-likeness (QED) is 0.248. The molecule has 0 amide bonds. The Bertz CT molecular complexity index is 360. The van der Waals surface area contributed by atoms with E-state index >= 15 is 0 Å². The summed E-state index contributed by atoms with van der Waals surface area (Å²) in [5, 5.41) is 8.93. The summed E-state index contributed by atoms with van der Waals surface area (Å²) in [5.41, 5.74) is 0. The molecule has 0 saturated carbocycles. The molecule has 1 N–H and O–H groups in total. The van der Waals surface area contributed by atoms with Gasteiger partial charge in [0.2, 0.25) is 0 Å². The SMILES string of the molecule is CCCC(O)CCCCCCCCCCCC(CC)S(=O)(=O)[O-].[K+]. The third kappa shape index (κ3) is 16.9. The molecule has 0 aromatic rings. The maximum atomic E-state index is 11.0. The van der Waals surface area contributed by atoms with Gasteiger partial charge in [-0.1, -0.05) is 78.1 Å². The second kappa shape index (κ2) is 17.9. The number of hydrogen-bond acceptors (Lipinski definition) is 4. The van der Waals surface area contributed by atoms with Crippen LogP contribution in [0.2, 0.25) is 0 Å². The van der Waals surface area contributed by atoms with E-state index in [1.807, 2.05) is 0 Å². The number of hydrogen-bond donors (Lipinski definition) is 1. The third-order valence-electron chi connectivity index (χ3n) is 4.55. The molecule has 0 saturated heterocycles. The van der Waals surface area contributed by atoms with Crippen molar-refractivity contribution in [2.45, 2.75) is 115 Å². The maximum absolute atomic E-state index is 11.0. The fraction of sp³-hybridized carbons (Fsp3) is 1.00. The van der Waals surface area contributed by atoms with Gasteiger partial charge in [0.05, 0.1) is 16.2 Å². The fourth-order valence-electron chi connectivity index (χ4n) is 3.02. The van der Waals surface area contributed by atoms with Crippen LogP contribution in [-0.2, 0) is 10.1 Å². The second-order valence-electron chi connectivity index (χ2n) is 6.72. The van der Waals surface area contributed by atoms with Crippen LogP contribution >= 0.6 is 0 Å². The fourth-order valence-corrected chi connectivity index (χ4v) is 3.88. The normalized spacial score (nSPS) is 14.2. The standard InChI is InChI=1S/C18H38O4S.K/c1-3-14-17(19)15-12-10-8-6-5-7-9-11-13-16-18(4-2)23(20,21)22;/h17-19H,3-16H2,1-2H3,(H,20,21,22);/q;+1/p-1. The molecule has 0 heterocycles. The van der Waals surface area contributed by atoms with E-state index in [1.54, 1.807) is 6.92 Å². The van der Waals surface area contributed by atoms with E-state index in [0.29, 0.717) is 12.8 Å². The molecule has 4 nitrogen and oxygen atoms in total. The Kier molecular flexibility index (Phi) is 20.7. The van der Waals surface area contributed by atoms with Crippen molar-refractivity contribution in [3.8, 4) is 0 Å². The molecule has 0 aromatic heterocycles. The van der Waals surface area contributed by atoms with E-state index in [-0.39, 0.29) is 57.5 Å². The Balaban J connectivity index is 0. The summed E-state index contributed by atoms with van der Waals surface area (Å²) in [6.07, 6.45) is 14.0. The summed E-state index contributed by atoms with van der Waals surface area (Å²) in [5.74, 6) is 0. The second-order valence-corrected chi connectivity index (χ2v) is 8.38. The van der Waals surface area contributed by atoms with Gasteiger partial charge in [0.1, 0.15) is 0 Å². The number of aliphatic hydroxyl groups is 1. The average Bonchev–Trinajstić information content (AvgIpc) is 2.47. The molecule has 0 spiro atoms. The third-order valence-corrected chi connectivity index (χ3v) is 5.93. The molecule has 0 aliphatic carbocycles. The van der Waals surface area contributed by atoms with E-state index in [2.05, 4.69) is 6.92 Å². The number of unbranched alkanes of at least 4 members (excludes halogenated alkanes) is 8. The predicted octanol–water partition coefficient (Wildman–Crippen LogP) is 1.77. The van der Waals surface area contributed by atoms with E-state index in [4.69, 9.17) is 0 Å². The van der Waals surface area contributed by atoms with Crippen molar-refractivity contribution in [2.24, 2.45) is 0 Å². The van der Waals surface area contributed by atoms with Crippen molar-refractivity contribution in [1.29, 1.82) is 0 Å². The Morgan fingerprint density at radius 3 is 1.58 bits per heavy atom. The molecular formula is C18H37KO4S. The van der Waals surface area contributed by atoms with Crippen molar-refractivity contribution < 1.29 is 69.5 Å². The van der Waals surface area contributed by atoms with Gasteiger partial charge in [-0.3, -0.25) is 0 Å². The first-order valence-corrected chi connectivity index (χ1v) is 11.0. The number of rotatable bonds is 16. The largest absolute Gasteiger partial charge is 1.00 e. The predicted molar refractivity (Wildman–Crippen MR) is 95.5 cm³/mol. The van der Waals surface area contributed by atoms with E-state index in [0.717, 1.165) is 44.9 Å². The van der Waals surface area contributed by atoms with Gasteiger partial charge in [0.15, 0.2) is 0 Å². The smallest absolute Gasteiger partial charge is 0.748 e. The summed E-state index contributed by atoms with van der Waals surface area (Å²) in [4.78, 5) is 0. The van der Waals surface area contributed by atoms with Crippen molar-refractivity contribution in [1.82, 2.24) is 0 Å².